The monoisotopic (exact) mass is 311 g/mol. The predicted molar refractivity (Wildman–Crippen MR) is 80.7 cm³/mol. The van der Waals surface area contributed by atoms with E-state index in [1.165, 1.54) is 6.26 Å². The standard InChI is InChI=1S/C14H21N3O3S/c1-21(19,20)12-5-2-8-16-14(12)17-9-3-4-11(10-17)6-7-13(15)18/h2,5,8,11H,3-4,6-7,9-10H2,1H3,(H2,15,18). The second-order valence-electron chi connectivity index (χ2n) is 5.56. The van der Waals surface area contributed by atoms with Gasteiger partial charge in [-0.15, -0.1) is 0 Å². The summed E-state index contributed by atoms with van der Waals surface area (Å²) in [5.41, 5.74) is 5.19. The van der Waals surface area contributed by atoms with Crippen molar-refractivity contribution in [3.63, 3.8) is 0 Å². The van der Waals surface area contributed by atoms with Gasteiger partial charge in [0.15, 0.2) is 9.84 Å². The number of anilines is 1. The summed E-state index contributed by atoms with van der Waals surface area (Å²) in [5.74, 6) is 0.575. The maximum atomic E-state index is 11.9. The minimum Gasteiger partial charge on any atom is -0.370 e. The Kier molecular flexibility index (Phi) is 4.82. The average molecular weight is 311 g/mol. The Morgan fingerprint density at radius 3 is 2.95 bits per heavy atom. The van der Waals surface area contributed by atoms with Gasteiger partial charge in [0.05, 0.1) is 0 Å². The van der Waals surface area contributed by atoms with Crippen molar-refractivity contribution < 1.29 is 13.2 Å². The summed E-state index contributed by atoms with van der Waals surface area (Å²) in [7, 11) is -3.30. The highest BCUT2D eigenvalue weighted by Crippen LogP contribution is 2.28. The molecule has 1 aliphatic heterocycles. The molecule has 1 aliphatic rings. The van der Waals surface area contributed by atoms with Crippen LogP contribution >= 0.6 is 0 Å². The van der Waals surface area contributed by atoms with E-state index in [9.17, 15) is 13.2 Å². The summed E-state index contributed by atoms with van der Waals surface area (Å²) in [6.07, 6.45) is 5.92. The molecule has 2 heterocycles. The molecule has 0 bridgehead atoms. The largest absolute Gasteiger partial charge is 0.370 e. The SMILES string of the molecule is CS(=O)(=O)c1cccnc1N1CCCC(CCC(N)=O)C1. The van der Waals surface area contributed by atoms with Gasteiger partial charge in [0, 0.05) is 32.0 Å². The Morgan fingerprint density at radius 1 is 1.52 bits per heavy atom. The fourth-order valence-corrected chi connectivity index (χ4v) is 3.59. The molecule has 21 heavy (non-hydrogen) atoms. The van der Waals surface area contributed by atoms with Crippen molar-refractivity contribution in [1.29, 1.82) is 0 Å². The Labute approximate surface area is 125 Å². The van der Waals surface area contributed by atoms with Gasteiger partial charge >= 0.3 is 0 Å². The van der Waals surface area contributed by atoms with Crippen molar-refractivity contribution in [2.75, 3.05) is 24.2 Å². The number of pyridine rings is 1. The van der Waals surface area contributed by atoms with Crippen LogP contribution in [-0.4, -0.2) is 38.7 Å². The highest BCUT2D eigenvalue weighted by Gasteiger charge is 2.25. The van der Waals surface area contributed by atoms with Gasteiger partial charge in [0.2, 0.25) is 5.91 Å². The summed E-state index contributed by atoms with van der Waals surface area (Å²) in [6, 6.07) is 3.22. The maximum Gasteiger partial charge on any atom is 0.217 e. The van der Waals surface area contributed by atoms with Gasteiger partial charge in [-0.1, -0.05) is 0 Å². The Hall–Kier alpha value is -1.63. The lowest BCUT2D eigenvalue weighted by atomic mass is 9.93. The first-order valence-electron chi connectivity index (χ1n) is 7.06. The molecule has 1 unspecified atom stereocenters. The second kappa shape index (κ2) is 6.43. The topological polar surface area (TPSA) is 93.4 Å². The maximum absolute atomic E-state index is 11.9. The van der Waals surface area contributed by atoms with Gasteiger partial charge < -0.3 is 10.6 Å². The fourth-order valence-electron chi connectivity index (χ4n) is 2.75. The van der Waals surface area contributed by atoms with Gasteiger partial charge in [0.25, 0.3) is 0 Å². The molecule has 1 atom stereocenters. The molecule has 116 valence electrons. The molecule has 0 radical (unpaired) electrons. The number of sulfone groups is 1. The highest BCUT2D eigenvalue weighted by atomic mass is 32.2. The van der Waals surface area contributed by atoms with Gasteiger partial charge in [0.1, 0.15) is 10.7 Å². The predicted octanol–water partition coefficient (Wildman–Crippen LogP) is 0.967. The molecule has 0 aromatic carbocycles. The quantitative estimate of drug-likeness (QED) is 0.874. The molecule has 7 heteroatoms. The Balaban J connectivity index is 2.17. The van der Waals surface area contributed by atoms with Crippen LogP contribution in [0.15, 0.2) is 23.2 Å². The molecule has 1 fully saturated rings. The molecule has 6 nitrogen and oxygen atoms in total. The molecule has 0 saturated carbocycles. The highest BCUT2D eigenvalue weighted by molar-refractivity contribution is 7.90. The van der Waals surface area contributed by atoms with Crippen LogP contribution in [-0.2, 0) is 14.6 Å². The third-order valence-corrected chi connectivity index (χ3v) is 4.89. The number of primary amides is 1. The molecule has 1 aromatic heterocycles. The van der Waals surface area contributed by atoms with Gasteiger partial charge in [-0.2, -0.15) is 0 Å². The lowest BCUT2D eigenvalue weighted by molar-refractivity contribution is -0.118. The number of hydrogen-bond donors (Lipinski definition) is 1. The summed E-state index contributed by atoms with van der Waals surface area (Å²) in [4.78, 5) is 17.4. The lowest BCUT2D eigenvalue weighted by Crippen LogP contribution is -2.37. The first-order chi connectivity index (χ1) is 9.88. The second-order valence-corrected chi connectivity index (χ2v) is 7.54. The number of carbonyl (C=O) groups is 1. The van der Waals surface area contributed by atoms with E-state index in [4.69, 9.17) is 5.73 Å². The normalized spacial score (nSPS) is 19.5. The Bertz CT molecular complexity index is 616. The molecule has 1 saturated heterocycles. The fraction of sp³-hybridized carbons (Fsp3) is 0.571. The van der Waals surface area contributed by atoms with E-state index in [0.29, 0.717) is 24.7 Å². The zero-order valence-corrected chi connectivity index (χ0v) is 13.0. The molecule has 0 aliphatic carbocycles. The summed E-state index contributed by atoms with van der Waals surface area (Å²) < 4.78 is 23.7. The lowest BCUT2D eigenvalue weighted by Gasteiger charge is -2.34. The van der Waals surface area contributed by atoms with Crippen LogP contribution in [0.1, 0.15) is 25.7 Å². The van der Waals surface area contributed by atoms with Crippen LogP contribution < -0.4 is 10.6 Å². The average Bonchev–Trinajstić information content (AvgIpc) is 2.44. The van der Waals surface area contributed by atoms with E-state index in [-0.39, 0.29) is 10.8 Å². The zero-order chi connectivity index (χ0) is 15.5. The van der Waals surface area contributed by atoms with Crippen LogP contribution in [0.3, 0.4) is 0 Å². The Morgan fingerprint density at radius 2 is 2.29 bits per heavy atom. The minimum absolute atomic E-state index is 0.264. The third kappa shape index (κ3) is 4.17. The molecular formula is C14H21N3O3S. The number of rotatable bonds is 5. The molecule has 2 rings (SSSR count). The molecule has 0 spiro atoms. The molecule has 1 aromatic rings. The van der Waals surface area contributed by atoms with Crippen molar-refractivity contribution >= 4 is 21.6 Å². The number of carbonyl (C=O) groups excluding carboxylic acids is 1. The van der Waals surface area contributed by atoms with Crippen LogP contribution in [0, 0.1) is 5.92 Å². The van der Waals surface area contributed by atoms with Crippen LogP contribution in [0.4, 0.5) is 5.82 Å². The van der Waals surface area contributed by atoms with E-state index < -0.39 is 9.84 Å². The third-order valence-electron chi connectivity index (χ3n) is 3.77. The van der Waals surface area contributed by atoms with Crippen molar-refractivity contribution in [3.05, 3.63) is 18.3 Å². The molecule has 1 amide bonds. The minimum atomic E-state index is -3.30. The van der Waals surface area contributed by atoms with Crippen molar-refractivity contribution in [2.24, 2.45) is 11.7 Å². The summed E-state index contributed by atoms with van der Waals surface area (Å²) in [6.45, 7) is 1.50. The first kappa shape index (κ1) is 15.8. The number of nitrogens with two attached hydrogens (primary N) is 1. The van der Waals surface area contributed by atoms with Crippen molar-refractivity contribution in [3.8, 4) is 0 Å². The number of aromatic nitrogens is 1. The number of nitrogens with zero attached hydrogens (tertiary/aromatic N) is 2. The smallest absolute Gasteiger partial charge is 0.217 e. The van der Waals surface area contributed by atoms with E-state index in [0.717, 1.165) is 25.8 Å². The number of hydrogen-bond acceptors (Lipinski definition) is 5. The van der Waals surface area contributed by atoms with Crippen LogP contribution in [0.5, 0.6) is 0 Å². The van der Waals surface area contributed by atoms with E-state index >= 15 is 0 Å². The number of amides is 1. The summed E-state index contributed by atoms with van der Waals surface area (Å²) >= 11 is 0. The van der Waals surface area contributed by atoms with Crippen molar-refractivity contribution in [2.45, 2.75) is 30.6 Å². The van der Waals surface area contributed by atoms with E-state index in [2.05, 4.69) is 4.98 Å². The van der Waals surface area contributed by atoms with Crippen LogP contribution in [0.25, 0.3) is 0 Å². The molecule has 2 N–H and O–H groups in total. The number of piperidine rings is 1. The van der Waals surface area contributed by atoms with Gasteiger partial charge in [-0.05, 0) is 37.3 Å². The van der Waals surface area contributed by atoms with Crippen molar-refractivity contribution in [1.82, 2.24) is 4.98 Å². The molecular weight excluding hydrogens is 290 g/mol. The van der Waals surface area contributed by atoms with Crippen LogP contribution in [0.2, 0.25) is 0 Å². The summed E-state index contributed by atoms with van der Waals surface area (Å²) in [5, 5.41) is 0. The van der Waals surface area contributed by atoms with E-state index in [1.54, 1.807) is 18.3 Å². The first-order valence-corrected chi connectivity index (χ1v) is 8.95. The van der Waals surface area contributed by atoms with Gasteiger partial charge in [-0.25, -0.2) is 13.4 Å². The zero-order valence-electron chi connectivity index (χ0n) is 12.2. The van der Waals surface area contributed by atoms with E-state index in [1.807, 2.05) is 4.90 Å². The van der Waals surface area contributed by atoms with Gasteiger partial charge in [-0.3, -0.25) is 4.79 Å².